The Balaban J connectivity index is 1.85. The molecule has 190 valence electrons. The number of carbonyl (C=O) groups excluding carboxylic acids is 2. The van der Waals surface area contributed by atoms with Gasteiger partial charge in [0.15, 0.2) is 11.5 Å². The molecule has 0 aliphatic heterocycles. The Kier molecular flexibility index (Phi) is 9.18. The quantitative estimate of drug-likeness (QED) is 0.331. The molecule has 0 aliphatic carbocycles. The third-order valence-corrected chi connectivity index (χ3v) is 5.39. The van der Waals surface area contributed by atoms with Gasteiger partial charge < -0.3 is 29.7 Å². The average Bonchev–Trinajstić information content (AvgIpc) is 2.91. The molecule has 3 N–H and O–H groups in total. The van der Waals surface area contributed by atoms with Crippen molar-refractivity contribution in [1.82, 2.24) is 10.3 Å². The van der Waals surface area contributed by atoms with E-state index in [2.05, 4.69) is 10.3 Å². The number of hydrogen-bond acceptors (Lipinski definition) is 8. The first-order valence-electron chi connectivity index (χ1n) is 10.7. The number of amides is 1. The van der Waals surface area contributed by atoms with Crippen molar-refractivity contribution in [1.29, 1.82) is 0 Å². The van der Waals surface area contributed by atoms with Crippen LogP contribution in [0, 0.1) is 5.82 Å². The van der Waals surface area contributed by atoms with Crippen LogP contribution < -0.4 is 19.5 Å². The van der Waals surface area contributed by atoms with Crippen molar-refractivity contribution in [3.63, 3.8) is 0 Å². The predicted octanol–water partition coefficient (Wildman–Crippen LogP) is 2.90. The fourth-order valence-corrected chi connectivity index (χ4v) is 3.48. The monoisotopic (exact) mass is 518 g/mol. The van der Waals surface area contributed by atoms with E-state index in [0.29, 0.717) is 17.1 Å². The van der Waals surface area contributed by atoms with Gasteiger partial charge in [0.05, 0.1) is 32.5 Å². The Labute approximate surface area is 211 Å². The molecule has 3 aromatic rings. The molecule has 36 heavy (non-hydrogen) atoms. The molecule has 0 saturated heterocycles. The lowest BCUT2D eigenvalue weighted by atomic mass is 10.1. The number of ketones is 1. The minimum absolute atomic E-state index is 0.0456. The van der Waals surface area contributed by atoms with E-state index in [0.717, 1.165) is 0 Å². The number of carbonyl (C=O) groups is 2. The predicted molar refractivity (Wildman–Crippen MR) is 129 cm³/mol. The van der Waals surface area contributed by atoms with Gasteiger partial charge in [0.25, 0.3) is 5.91 Å². The standard InChI is InChI=1S/C25H24ClFN2O7/c1-34-21-8-6-18(28-23(21)14-3-5-17(27)16(26)11-14)24(32)19(13-31)29-25(33)15-4-7-20(36-10-9-30)22(12-15)35-2/h3-8,11-12,19,30-31H,9-10,13H2,1-2H3,(H,29,33)/t19-/m1/s1. The molecule has 1 heterocycles. The molecule has 0 saturated carbocycles. The van der Waals surface area contributed by atoms with Crippen molar-refractivity contribution < 1.29 is 38.4 Å². The summed E-state index contributed by atoms with van der Waals surface area (Å²) in [7, 11) is 2.81. The molecule has 0 spiro atoms. The molecular weight excluding hydrogens is 495 g/mol. The Morgan fingerprint density at radius 2 is 1.75 bits per heavy atom. The van der Waals surface area contributed by atoms with Crippen LogP contribution in [-0.4, -0.2) is 67.0 Å². The number of ether oxygens (including phenoxy) is 3. The summed E-state index contributed by atoms with van der Waals surface area (Å²) >= 11 is 5.89. The lowest BCUT2D eigenvalue weighted by molar-refractivity contribution is 0.0810. The van der Waals surface area contributed by atoms with Crippen molar-refractivity contribution in [2.45, 2.75) is 6.04 Å². The summed E-state index contributed by atoms with van der Waals surface area (Å²) in [5.74, 6) is -1.02. The summed E-state index contributed by atoms with van der Waals surface area (Å²) in [4.78, 5) is 30.2. The minimum Gasteiger partial charge on any atom is -0.494 e. The van der Waals surface area contributed by atoms with Crippen LogP contribution in [0.2, 0.25) is 5.02 Å². The van der Waals surface area contributed by atoms with Crippen molar-refractivity contribution >= 4 is 23.3 Å². The van der Waals surface area contributed by atoms with E-state index in [-0.39, 0.29) is 40.9 Å². The van der Waals surface area contributed by atoms with Crippen LogP contribution in [0.3, 0.4) is 0 Å². The zero-order valence-corrected chi connectivity index (χ0v) is 20.2. The van der Waals surface area contributed by atoms with E-state index in [1.165, 1.54) is 62.8 Å². The maximum absolute atomic E-state index is 13.6. The van der Waals surface area contributed by atoms with E-state index in [4.69, 9.17) is 30.9 Å². The van der Waals surface area contributed by atoms with Gasteiger partial charge in [0.2, 0.25) is 5.78 Å². The highest BCUT2D eigenvalue weighted by atomic mass is 35.5. The first-order chi connectivity index (χ1) is 17.3. The van der Waals surface area contributed by atoms with Gasteiger partial charge in [0, 0.05) is 11.1 Å². The topological polar surface area (TPSA) is 127 Å². The number of aromatic nitrogens is 1. The van der Waals surface area contributed by atoms with Crippen LogP contribution in [0.4, 0.5) is 4.39 Å². The van der Waals surface area contributed by atoms with Crippen LogP contribution in [0.25, 0.3) is 11.3 Å². The van der Waals surface area contributed by atoms with E-state index in [1.807, 2.05) is 0 Å². The Hall–Kier alpha value is -3.73. The van der Waals surface area contributed by atoms with Crippen molar-refractivity contribution in [3.05, 3.63) is 70.6 Å². The number of methoxy groups -OCH3 is 2. The number of aliphatic hydroxyl groups excluding tert-OH is 2. The molecule has 0 fully saturated rings. The lowest BCUT2D eigenvalue weighted by Crippen LogP contribution is -2.43. The van der Waals surface area contributed by atoms with E-state index >= 15 is 0 Å². The summed E-state index contributed by atoms with van der Waals surface area (Å²) in [5, 5.41) is 21.1. The molecule has 1 atom stereocenters. The smallest absolute Gasteiger partial charge is 0.252 e. The highest BCUT2D eigenvalue weighted by Crippen LogP contribution is 2.31. The molecule has 2 aromatic carbocycles. The zero-order valence-electron chi connectivity index (χ0n) is 19.5. The first kappa shape index (κ1) is 26.9. The SMILES string of the molecule is COc1cc(C(=O)N[C@H](CO)C(=O)c2ccc(OC)c(-c3ccc(F)c(Cl)c3)n2)ccc1OCCO. The second kappa shape index (κ2) is 12.3. The zero-order chi connectivity index (χ0) is 26.2. The van der Waals surface area contributed by atoms with Gasteiger partial charge in [-0.15, -0.1) is 0 Å². The summed E-state index contributed by atoms with van der Waals surface area (Å²) in [5.41, 5.74) is 0.735. The number of nitrogens with one attached hydrogen (secondary N) is 1. The van der Waals surface area contributed by atoms with Crippen molar-refractivity contribution in [2.24, 2.45) is 0 Å². The fourth-order valence-electron chi connectivity index (χ4n) is 3.30. The van der Waals surface area contributed by atoms with Crippen LogP contribution in [0.1, 0.15) is 20.8 Å². The number of aliphatic hydroxyl groups is 2. The third-order valence-electron chi connectivity index (χ3n) is 5.10. The van der Waals surface area contributed by atoms with E-state index in [1.54, 1.807) is 0 Å². The van der Waals surface area contributed by atoms with Crippen molar-refractivity contribution in [3.8, 4) is 28.5 Å². The minimum atomic E-state index is -1.31. The van der Waals surface area contributed by atoms with Crippen molar-refractivity contribution in [2.75, 3.05) is 34.0 Å². The van der Waals surface area contributed by atoms with Gasteiger partial charge in [-0.3, -0.25) is 9.59 Å². The second-order valence-corrected chi connectivity index (χ2v) is 7.79. The average molecular weight is 519 g/mol. The normalized spacial score (nSPS) is 11.5. The Bertz CT molecular complexity index is 1260. The summed E-state index contributed by atoms with van der Waals surface area (Å²) < 4.78 is 29.5. The highest BCUT2D eigenvalue weighted by molar-refractivity contribution is 6.31. The lowest BCUT2D eigenvalue weighted by Gasteiger charge is -2.17. The summed E-state index contributed by atoms with van der Waals surface area (Å²) in [6.45, 7) is -0.838. The maximum Gasteiger partial charge on any atom is 0.252 e. The summed E-state index contributed by atoms with van der Waals surface area (Å²) in [6.07, 6.45) is 0. The number of pyridine rings is 1. The molecule has 1 amide bonds. The van der Waals surface area contributed by atoms with Crippen LogP contribution in [-0.2, 0) is 0 Å². The number of rotatable bonds is 11. The van der Waals surface area contributed by atoms with Gasteiger partial charge in [-0.25, -0.2) is 9.37 Å². The first-order valence-corrected chi connectivity index (χ1v) is 11.1. The molecule has 9 nitrogen and oxygen atoms in total. The Morgan fingerprint density at radius 1 is 1.03 bits per heavy atom. The molecular formula is C25H24ClFN2O7. The van der Waals surface area contributed by atoms with Gasteiger partial charge >= 0.3 is 0 Å². The van der Waals surface area contributed by atoms with Gasteiger partial charge in [-0.2, -0.15) is 0 Å². The van der Waals surface area contributed by atoms with Crippen LogP contribution in [0.15, 0.2) is 48.5 Å². The molecule has 0 radical (unpaired) electrons. The number of benzene rings is 2. The number of Topliss-reactive ketones (excluding diaryl/α,β-unsaturated/α-hetero) is 1. The molecule has 0 bridgehead atoms. The van der Waals surface area contributed by atoms with E-state index in [9.17, 15) is 19.1 Å². The van der Waals surface area contributed by atoms with Gasteiger partial charge in [-0.1, -0.05) is 11.6 Å². The summed E-state index contributed by atoms with van der Waals surface area (Å²) in [6, 6.07) is 9.88. The molecule has 0 unspecified atom stereocenters. The maximum atomic E-state index is 13.6. The molecule has 11 heteroatoms. The third kappa shape index (κ3) is 6.09. The number of nitrogens with zero attached hydrogens (tertiary/aromatic N) is 1. The van der Waals surface area contributed by atoms with Crippen LogP contribution >= 0.6 is 11.6 Å². The highest BCUT2D eigenvalue weighted by Gasteiger charge is 2.25. The van der Waals surface area contributed by atoms with Crippen LogP contribution in [0.5, 0.6) is 17.2 Å². The number of halogens is 2. The Morgan fingerprint density at radius 3 is 2.39 bits per heavy atom. The van der Waals surface area contributed by atoms with Gasteiger partial charge in [0.1, 0.15) is 35.6 Å². The molecule has 1 aromatic heterocycles. The van der Waals surface area contributed by atoms with E-state index < -0.39 is 30.2 Å². The molecule has 0 aliphatic rings. The fraction of sp³-hybridized carbons (Fsp3) is 0.240. The molecule has 3 rings (SSSR count). The second-order valence-electron chi connectivity index (χ2n) is 7.39. The largest absolute Gasteiger partial charge is 0.494 e. The van der Waals surface area contributed by atoms with Gasteiger partial charge in [-0.05, 0) is 48.5 Å². The number of hydrogen-bond donors (Lipinski definition) is 3.